The first kappa shape index (κ1) is 21.1. The first-order valence-electron chi connectivity index (χ1n) is 9.84. The molecule has 31 heavy (non-hydrogen) atoms. The number of ether oxygens (including phenoxy) is 2. The second kappa shape index (κ2) is 7.84. The summed E-state index contributed by atoms with van der Waals surface area (Å²) in [6.07, 6.45) is 5.27. The number of fused-ring (bicyclic) bond motifs is 1. The zero-order valence-electron chi connectivity index (χ0n) is 17.8. The second-order valence-corrected chi connectivity index (χ2v) is 9.45. The second-order valence-electron chi connectivity index (χ2n) is 8.29. The minimum absolute atomic E-state index is 0.277. The van der Waals surface area contributed by atoms with Crippen LogP contribution in [0.5, 0.6) is 5.75 Å². The molecule has 1 atom stereocenters. The predicted molar refractivity (Wildman–Crippen MR) is 117 cm³/mol. The number of hydrogen-bond donors (Lipinski definition) is 1. The largest absolute Gasteiger partial charge is 0.496 e. The van der Waals surface area contributed by atoms with Crippen LogP contribution in [-0.2, 0) is 20.5 Å². The molecule has 1 N–H and O–H groups in total. The molecular weight excluding hydrogens is 420 g/mol. The van der Waals surface area contributed by atoms with Crippen LogP contribution in [0.3, 0.4) is 0 Å². The van der Waals surface area contributed by atoms with Crippen molar-refractivity contribution in [3.8, 4) is 5.75 Å². The average molecular weight is 445 g/mol. The van der Waals surface area contributed by atoms with E-state index in [0.717, 1.165) is 16.5 Å². The third-order valence-electron chi connectivity index (χ3n) is 4.94. The lowest BCUT2D eigenvalue weighted by atomic mass is 9.97. The van der Waals surface area contributed by atoms with Crippen LogP contribution >= 0.6 is 0 Å². The van der Waals surface area contributed by atoms with Crippen LogP contribution in [0.1, 0.15) is 32.8 Å². The van der Waals surface area contributed by atoms with Gasteiger partial charge in [0.15, 0.2) is 16.0 Å². The minimum Gasteiger partial charge on any atom is -0.496 e. The molecule has 1 aromatic carbocycles. The molecule has 1 unspecified atom stereocenters. The maximum Gasteiger partial charge on any atom is 0.410 e. The van der Waals surface area contributed by atoms with E-state index < -0.39 is 22.5 Å². The smallest absolute Gasteiger partial charge is 0.410 e. The number of rotatable bonds is 3. The number of hydrogen-bond acceptors (Lipinski definition) is 6. The highest BCUT2D eigenvalue weighted by atomic mass is 32.2. The molecule has 2 aliphatic heterocycles. The Kier molecular flexibility index (Phi) is 5.34. The summed E-state index contributed by atoms with van der Waals surface area (Å²) in [4.78, 5) is 25.5. The third kappa shape index (κ3) is 4.20. The molecule has 3 heterocycles. The van der Waals surface area contributed by atoms with Gasteiger partial charge < -0.3 is 14.4 Å². The van der Waals surface area contributed by atoms with Gasteiger partial charge in [-0.25, -0.2) is 13.7 Å². The van der Waals surface area contributed by atoms with Crippen LogP contribution in [0.25, 0.3) is 21.5 Å². The zero-order chi connectivity index (χ0) is 22.3. The SMILES string of the molecule is COc1cc2c(cnn2C2=CC(=O)NS2=O)cc1C1=CCN(C(=O)OC(C)(C)C)CC1. The highest BCUT2D eigenvalue weighted by Gasteiger charge is 2.26. The molecule has 0 aliphatic carbocycles. The standard InChI is InChI=1S/C21H24N4O5S/c1-21(2,3)30-20(27)24-7-5-13(6-8-24)15-9-14-12-22-25(16(14)10-17(15)29-4)19-11-18(26)23-31(19)28/h5,9-12H,6-8H2,1-4H3,(H,23,26). The summed E-state index contributed by atoms with van der Waals surface area (Å²) >= 11 is 0. The molecule has 0 spiro atoms. The Bertz CT molecular complexity index is 1160. The average Bonchev–Trinajstić information content (AvgIpc) is 3.27. The topological polar surface area (TPSA) is 103 Å². The summed E-state index contributed by atoms with van der Waals surface area (Å²) in [6.45, 7) is 6.53. The van der Waals surface area contributed by atoms with Gasteiger partial charge in [0.05, 0.1) is 18.8 Å². The first-order valence-corrected chi connectivity index (χ1v) is 11.0. The quantitative estimate of drug-likeness (QED) is 0.781. The van der Waals surface area contributed by atoms with Crippen LogP contribution in [0, 0.1) is 0 Å². The number of nitrogens with one attached hydrogen (secondary N) is 1. The Morgan fingerprint density at radius 1 is 1.29 bits per heavy atom. The van der Waals surface area contributed by atoms with Gasteiger partial charge in [-0.15, -0.1) is 0 Å². The van der Waals surface area contributed by atoms with Gasteiger partial charge in [-0.3, -0.25) is 9.52 Å². The normalized spacial score (nSPS) is 19.2. The van der Waals surface area contributed by atoms with Gasteiger partial charge in [0.1, 0.15) is 11.4 Å². The Morgan fingerprint density at radius 3 is 2.65 bits per heavy atom. The van der Waals surface area contributed by atoms with Gasteiger partial charge in [0.25, 0.3) is 5.91 Å². The molecular formula is C21H24N4O5S. The molecule has 2 aliphatic rings. The fourth-order valence-corrected chi connectivity index (χ4v) is 4.40. The van der Waals surface area contributed by atoms with E-state index in [1.807, 2.05) is 39.0 Å². The van der Waals surface area contributed by atoms with Gasteiger partial charge in [-0.2, -0.15) is 5.10 Å². The third-order valence-corrected chi connectivity index (χ3v) is 6.00. The van der Waals surface area contributed by atoms with Crippen molar-refractivity contribution in [2.24, 2.45) is 0 Å². The van der Waals surface area contributed by atoms with Gasteiger partial charge in [0.2, 0.25) is 0 Å². The van der Waals surface area contributed by atoms with E-state index in [9.17, 15) is 13.8 Å². The van der Waals surface area contributed by atoms with Crippen molar-refractivity contribution in [3.05, 3.63) is 36.0 Å². The summed E-state index contributed by atoms with van der Waals surface area (Å²) < 4.78 is 27.0. The summed E-state index contributed by atoms with van der Waals surface area (Å²) in [6, 6.07) is 3.78. The zero-order valence-corrected chi connectivity index (χ0v) is 18.6. The molecule has 0 saturated carbocycles. The van der Waals surface area contributed by atoms with E-state index in [0.29, 0.717) is 30.8 Å². The Morgan fingerprint density at radius 2 is 2.06 bits per heavy atom. The van der Waals surface area contributed by atoms with E-state index in [4.69, 9.17) is 9.47 Å². The molecule has 9 nitrogen and oxygen atoms in total. The molecule has 0 bridgehead atoms. The minimum atomic E-state index is -1.65. The number of methoxy groups -OCH3 is 1. The maximum atomic E-state index is 12.3. The molecule has 1 aromatic heterocycles. The lowest BCUT2D eigenvalue weighted by molar-refractivity contribution is -0.114. The van der Waals surface area contributed by atoms with Crippen molar-refractivity contribution in [1.29, 1.82) is 0 Å². The van der Waals surface area contributed by atoms with Crippen molar-refractivity contribution >= 4 is 44.5 Å². The fraction of sp³-hybridized carbons (Fsp3) is 0.381. The number of amides is 2. The van der Waals surface area contributed by atoms with Crippen molar-refractivity contribution in [2.45, 2.75) is 32.8 Å². The fourth-order valence-electron chi connectivity index (χ4n) is 3.53. The van der Waals surface area contributed by atoms with Crippen LogP contribution < -0.4 is 9.46 Å². The van der Waals surface area contributed by atoms with E-state index in [-0.39, 0.29) is 11.1 Å². The Hall–Kier alpha value is -3.14. The van der Waals surface area contributed by atoms with Gasteiger partial charge in [-0.05, 0) is 38.8 Å². The first-order chi connectivity index (χ1) is 14.7. The van der Waals surface area contributed by atoms with Crippen molar-refractivity contribution < 1.29 is 23.3 Å². The van der Waals surface area contributed by atoms with Gasteiger partial charge in [-0.1, -0.05) is 6.08 Å². The maximum absolute atomic E-state index is 12.3. The van der Waals surface area contributed by atoms with Crippen molar-refractivity contribution in [2.75, 3.05) is 20.2 Å². The summed E-state index contributed by atoms with van der Waals surface area (Å²) in [5, 5.41) is 5.41. The summed E-state index contributed by atoms with van der Waals surface area (Å²) in [5.41, 5.74) is 2.12. The number of carbonyl (C=O) groups is 2. The van der Waals surface area contributed by atoms with Crippen LogP contribution in [0.4, 0.5) is 4.79 Å². The van der Waals surface area contributed by atoms with Crippen LogP contribution in [0.15, 0.2) is 30.5 Å². The van der Waals surface area contributed by atoms with E-state index in [2.05, 4.69) is 9.82 Å². The summed E-state index contributed by atoms with van der Waals surface area (Å²) in [7, 11) is -0.0667. The molecule has 164 valence electrons. The van der Waals surface area contributed by atoms with E-state index >= 15 is 0 Å². The molecule has 4 rings (SSSR count). The van der Waals surface area contributed by atoms with Gasteiger partial charge in [0, 0.05) is 36.2 Å². The highest BCUT2D eigenvalue weighted by molar-refractivity contribution is 7.93. The lowest BCUT2D eigenvalue weighted by Gasteiger charge is -2.30. The highest BCUT2D eigenvalue weighted by Crippen LogP contribution is 2.35. The van der Waals surface area contributed by atoms with E-state index in [1.54, 1.807) is 18.2 Å². The number of carbonyl (C=O) groups excluding carboxylic acids is 2. The molecule has 10 heteroatoms. The van der Waals surface area contributed by atoms with Crippen molar-refractivity contribution in [3.63, 3.8) is 0 Å². The van der Waals surface area contributed by atoms with Gasteiger partial charge >= 0.3 is 6.09 Å². The van der Waals surface area contributed by atoms with E-state index in [1.165, 1.54) is 10.8 Å². The van der Waals surface area contributed by atoms with Crippen molar-refractivity contribution in [1.82, 2.24) is 19.4 Å². The molecule has 0 saturated heterocycles. The Balaban J connectivity index is 1.63. The number of benzene rings is 1. The number of aromatic nitrogens is 2. The number of nitrogens with zero attached hydrogens (tertiary/aromatic N) is 3. The lowest BCUT2D eigenvalue weighted by Crippen LogP contribution is -2.39. The molecule has 0 radical (unpaired) electrons. The molecule has 0 fully saturated rings. The van der Waals surface area contributed by atoms with Crippen LogP contribution in [0.2, 0.25) is 0 Å². The monoisotopic (exact) mass is 444 g/mol. The molecule has 2 amide bonds. The molecule has 2 aromatic rings. The van der Waals surface area contributed by atoms with Crippen LogP contribution in [-0.4, -0.2) is 56.7 Å². The predicted octanol–water partition coefficient (Wildman–Crippen LogP) is 2.66. The Labute approximate surface area is 182 Å². The summed E-state index contributed by atoms with van der Waals surface area (Å²) in [5.74, 6) is 0.220.